The van der Waals surface area contributed by atoms with E-state index in [1.54, 1.807) is 0 Å². The van der Waals surface area contributed by atoms with Crippen LogP contribution in [-0.4, -0.2) is 23.2 Å². The Balaban J connectivity index is 0.000000268. The molecule has 6 rings (SSSR count). The zero-order valence-corrected chi connectivity index (χ0v) is 35.7. The van der Waals surface area contributed by atoms with Gasteiger partial charge in [-0.05, 0) is 63.0 Å². The van der Waals surface area contributed by atoms with Crippen LogP contribution in [0.1, 0.15) is 78.8 Å². The summed E-state index contributed by atoms with van der Waals surface area (Å²) >= 11 is 0.129. The third-order valence-electron chi connectivity index (χ3n) is 8.58. The van der Waals surface area contributed by atoms with E-state index in [1.807, 2.05) is 67.1 Å². The molecule has 6 aromatic rings. The first-order valence-corrected chi connectivity index (χ1v) is 24.8. The summed E-state index contributed by atoms with van der Waals surface area (Å²) < 4.78 is 13.0. The van der Waals surface area contributed by atoms with Crippen molar-refractivity contribution >= 4 is 49.2 Å². The number of pyridine rings is 2. The zero-order valence-electron chi connectivity index (χ0n) is 31.4. The van der Waals surface area contributed by atoms with Crippen molar-refractivity contribution in [2.75, 3.05) is 0 Å². The molecule has 2 nitrogen and oxygen atoms in total. The van der Waals surface area contributed by atoms with E-state index in [1.165, 1.54) is 35.7 Å². The van der Waals surface area contributed by atoms with Gasteiger partial charge in [-0.15, -0.1) is 23.8 Å². The van der Waals surface area contributed by atoms with Gasteiger partial charge in [0.15, 0.2) is 0 Å². The second kappa shape index (κ2) is 15.1. The number of fused-ring (bicyclic) bond motifs is 3. The standard InChI is InChI=1S/C29H34NS.C14H16GeN.Ir/c1-18(17-28(3,4)5)20-14-15-30-25(16-20)23-11-9-10-21-22-12-13-24(29(6,7)8)19(2)26(22)31-27(21)23;1-15(2,3)13-9-10-14(16-11-13)12-7-5-4-6-8-12;/h9-10,12-16,18H,17H2,1-8H3;4-7,9-11H,1-3H3;/q2*-1;/i18D;;. The minimum absolute atomic E-state index is 0. The van der Waals surface area contributed by atoms with E-state index in [-0.39, 0.29) is 30.9 Å². The fourth-order valence-corrected chi connectivity index (χ4v) is 9.70. The maximum absolute atomic E-state index is 9.01. The third kappa shape index (κ3) is 8.93. The van der Waals surface area contributed by atoms with E-state index < -0.39 is 19.2 Å². The minimum atomic E-state index is -1.72. The smallest absolute Gasteiger partial charge is 0 e. The van der Waals surface area contributed by atoms with Gasteiger partial charge in [0.1, 0.15) is 0 Å². The number of hydrogen-bond acceptors (Lipinski definition) is 3. The molecular weight excluding hydrogens is 841 g/mol. The van der Waals surface area contributed by atoms with Crippen molar-refractivity contribution in [2.24, 2.45) is 5.41 Å². The largest absolute Gasteiger partial charge is 0 e. The first-order chi connectivity index (χ1) is 22.3. The van der Waals surface area contributed by atoms with Crippen molar-refractivity contribution in [3.8, 4) is 22.5 Å². The Morgan fingerprint density at radius 1 is 0.833 bits per heavy atom. The van der Waals surface area contributed by atoms with E-state index in [0.29, 0.717) is 0 Å². The zero-order chi connectivity index (χ0) is 35.1. The Morgan fingerprint density at radius 3 is 2.17 bits per heavy atom. The van der Waals surface area contributed by atoms with Gasteiger partial charge < -0.3 is 4.98 Å². The molecule has 0 aliphatic heterocycles. The van der Waals surface area contributed by atoms with Crippen molar-refractivity contribution in [3.05, 3.63) is 114 Å². The summed E-state index contributed by atoms with van der Waals surface area (Å²) in [6.07, 6.45) is 4.67. The molecule has 0 fully saturated rings. The first-order valence-electron chi connectivity index (χ1n) is 17.1. The van der Waals surface area contributed by atoms with Gasteiger partial charge in [-0.2, -0.15) is 11.3 Å². The van der Waals surface area contributed by atoms with Crippen LogP contribution in [-0.2, 0) is 25.5 Å². The van der Waals surface area contributed by atoms with Gasteiger partial charge in [0.25, 0.3) is 0 Å². The van der Waals surface area contributed by atoms with Gasteiger partial charge in [0, 0.05) is 32.4 Å². The van der Waals surface area contributed by atoms with Gasteiger partial charge in [0.05, 0.1) is 0 Å². The van der Waals surface area contributed by atoms with Crippen molar-refractivity contribution in [1.29, 1.82) is 0 Å². The van der Waals surface area contributed by atoms with Gasteiger partial charge in [-0.3, -0.25) is 0 Å². The van der Waals surface area contributed by atoms with Gasteiger partial charge in [0.2, 0.25) is 0 Å². The van der Waals surface area contributed by atoms with Crippen molar-refractivity contribution in [3.63, 3.8) is 0 Å². The molecule has 48 heavy (non-hydrogen) atoms. The summed E-state index contributed by atoms with van der Waals surface area (Å²) in [6.45, 7) is 17.7. The molecule has 0 saturated heterocycles. The number of aromatic nitrogens is 2. The van der Waals surface area contributed by atoms with E-state index in [4.69, 9.17) is 6.35 Å². The molecular formula is C43H50GeIrN2S-2. The average molecular weight is 893 g/mol. The molecule has 3 aromatic heterocycles. The van der Waals surface area contributed by atoms with Crippen LogP contribution in [0.25, 0.3) is 42.7 Å². The summed E-state index contributed by atoms with van der Waals surface area (Å²) in [4.78, 5) is 9.24. The van der Waals surface area contributed by atoms with Crippen molar-refractivity contribution in [1.82, 2.24) is 9.97 Å². The van der Waals surface area contributed by atoms with E-state index in [0.717, 1.165) is 34.5 Å². The second-order valence-corrected chi connectivity index (χ2v) is 27.6. The van der Waals surface area contributed by atoms with Gasteiger partial charge >= 0.3 is 99.8 Å². The van der Waals surface area contributed by atoms with Crippen LogP contribution in [0.15, 0.2) is 85.2 Å². The number of hydrogen-bond donors (Lipinski definition) is 0. The third-order valence-corrected chi connectivity index (χ3v) is 14.2. The molecule has 0 N–H and O–H groups in total. The number of rotatable bonds is 5. The Hall–Kier alpha value is -2.63. The number of benzene rings is 3. The molecule has 5 heteroatoms. The topological polar surface area (TPSA) is 25.8 Å². The summed E-state index contributed by atoms with van der Waals surface area (Å²) in [7, 11) is 0. The summed E-state index contributed by atoms with van der Waals surface area (Å²) in [6, 6.07) is 31.8. The summed E-state index contributed by atoms with van der Waals surface area (Å²) in [5.41, 5.74) is 7.99. The Bertz CT molecular complexity index is 2030. The number of nitrogens with zero attached hydrogens (tertiary/aromatic N) is 2. The molecule has 0 aliphatic rings. The molecule has 0 aliphatic carbocycles. The molecule has 3 heterocycles. The molecule has 1 unspecified atom stereocenters. The molecule has 3 aromatic carbocycles. The van der Waals surface area contributed by atoms with E-state index in [2.05, 4.69) is 119 Å². The Labute approximate surface area is 311 Å². The van der Waals surface area contributed by atoms with Gasteiger partial charge in [-0.1, -0.05) is 77.6 Å². The van der Waals surface area contributed by atoms with Crippen LogP contribution < -0.4 is 4.40 Å². The Kier molecular flexibility index (Phi) is 11.5. The van der Waals surface area contributed by atoms with Gasteiger partial charge in [-0.25, -0.2) is 0 Å². The van der Waals surface area contributed by atoms with Crippen LogP contribution in [0.2, 0.25) is 17.3 Å². The first kappa shape index (κ1) is 36.6. The second-order valence-electron chi connectivity index (χ2n) is 16.0. The molecule has 0 bridgehead atoms. The van der Waals surface area contributed by atoms with Crippen LogP contribution in [0.3, 0.4) is 0 Å². The average Bonchev–Trinajstić information content (AvgIpc) is 3.40. The van der Waals surface area contributed by atoms with Crippen LogP contribution in [0, 0.1) is 24.5 Å². The van der Waals surface area contributed by atoms with Crippen LogP contribution >= 0.6 is 11.3 Å². The summed E-state index contributed by atoms with van der Waals surface area (Å²) in [5, 5.41) is 2.57. The predicted octanol–water partition coefficient (Wildman–Crippen LogP) is 12.2. The number of thiophene rings is 1. The maximum atomic E-state index is 9.01. The van der Waals surface area contributed by atoms with Crippen LogP contribution in [0.5, 0.6) is 0 Å². The van der Waals surface area contributed by atoms with Crippen molar-refractivity contribution in [2.45, 2.75) is 90.4 Å². The molecule has 253 valence electrons. The van der Waals surface area contributed by atoms with Crippen molar-refractivity contribution < 1.29 is 21.5 Å². The van der Waals surface area contributed by atoms with E-state index in [9.17, 15) is 0 Å². The van der Waals surface area contributed by atoms with E-state index >= 15 is 0 Å². The fraction of sp³-hybridized carbons (Fsp3) is 0.349. The normalized spacial score (nSPS) is 13.7. The molecule has 0 spiro atoms. The minimum Gasteiger partial charge on any atom is 0 e. The predicted molar refractivity (Wildman–Crippen MR) is 209 cm³/mol. The SMILES string of the molecule is [2H]C(C)(CC(C)(C)C)c1ccnc(-c2[c-]ccc3c2sc2c(C)c(C(C)(C)C)ccc23)c1.[CH3][Ge]([CH3])([CH3])[c]1ccc(-c2[c-]cccc2)nc1.[Ir]. The Morgan fingerprint density at radius 2 is 1.56 bits per heavy atom. The molecule has 0 saturated carbocycles. The fourth-order valence-electron chi connectivity index (χ4n) is 6.22. The summed E-state index contributed by atoms with van der Waals surface area (Å²) in [5.74, 6) is 6.48. The molecule has 1 radical (unpaired) electrons. The quantitative estimate of drug-likeness (QED) is 0.127. The molecule has 0 amide bonds. The number of aryl methyl sites for hydroxylation is 1. The maximum Gasteiger partial charge on any atom is 0 e. The van der Waals surface area contributed by atoms with Crippen LogP contribution in [0.4, 0.5) is 0 Å². The monoisotopic (exact) mass is 894 g/mol. The molecule has 1 atom stereocenters.